The molecule has 0 aliphatic carbocycles. The highest BCUT2D eigenvalue weighted by atomic mass is 35.5. The summed E-state index contributed by atoms with van der Waals surface area (Å²) < 4.78 is 0. The van der Waals surface area contributed by atoms with Crippen molar-refractivity contribution >= 4 is 41.5 Å². The third-order valence-electron chi connectivity index (χ3n) is 5.08. The highest BCUT2D eigenvalue weighted by Gasteiger charge is 2.24. The van der Waals surface area contributed by atoms with E-state index in [4.69, 9.17) is 23.2 Å². The molecule has 1 aliphatic heterocycles. The normalized spacial score (nSPS) is 16.2. The van der Waals surface area contributed by atoms with E-state index < -0.39 is 0 Å². The molecule has 3 rings (SSSR count). The van der Waals surface area contributed by atoms with Crippen LogP contribution in [0, 0.1) is 5.92 Å². The van der Waals surface area contributed by atoms with Crippen LogP contribution in [0.4, 0.5) is 0 Å². The van der Waals surface area contributed by atoms with Gasteiger partial charge in [-0.1, -0.05) is 47.5 Å². The van der Waals surface area contributed by atoms with E-state index in [2.05, 4.69) is 5.32 Å². The number of amides is 1. The molecule has 146 valence electrons. The average molecular weight is 428 g/mol. The maximum Gasteiger partial charge on any atom is 0.223 e. The molecule has 1 unspecified atom stereocenters. The summed E-state index contributed by atoms with van der Waals surface area (Å²) in [5, 5.41) is 4.73. The molecule has 0 aromatic heterocycles. The van der Waals surface area contributed by atoms with Gasteiger partial charge in [0.05, 0.1) is 6.04 Å². The van der Waals surface area contributed by atoms with Gasteiger partial charge in [-0.15, -0.1) is 12.4 Å². The summed E-state index contributed by atoms with van der Waals surface area (Å²) in [6.07, 6.45) is 2.67. The molecule has 1 atom stereocenters. The topological polar surface area (TPSA) is 32.3 Å². The van der Waals surface area contributed by atoms with E-state index in [0.29, 0.717) is 22.4 Å². The molecule has 27 heavy (non-hydrogen) atoms. The monoisotopic (exact) mass is 426 g/mol. The quantitative estimate of drug-likeness (QED) is 0.673. The van der Waals surface area contributed by atoms with Crippen LogP contribution in [0.1, 0.15) is 36.4 Å². The molecule has 2 aromatic rings. The Bertz CT molecular complexity index is 683. The third kappa shape index (κ3) is 5.86. The Hall–Kier alpha value is -1.26. The number of nitrogens with one attached hydrogen (secondary N) is 1. The van der Waals surface area contributed by atoms with E-state index in [1.165, 1.54) is 0 Å². The lowest BCUT2D eigenvalue weighted by Crippen LogP contribution is -2.32. The summed E-state index contributed by atoms with van der Waals surface area (Å²) >= 11 is 12.1. The molecule has 1 saturated heterocycles. The second kappa shape index (κ2) is 10.3. The first-order valence-corrected chi connectivity index (χ1v) is 9.77. The van der Waals surface area contributed by atoms with Crippen molar-refractivity contribution in [1.29, 1.82) is 0 Å². The van der Waals surface area contributed by atoms with Gasteiger partial charge in [0.25, 0.3) is 0 Å². The van der Waals surface area contributed by atoms with Crippen LogP contribution in [-0.2, 0) is 4.79 Å². The minimum atomic E-state index is -0.154. The first kappa shape index (κ1) is 22.0. The van der Waals surface area contributed by atoms with Crippen molar-refractivity contribution in [2.45, 2.75) is 25.3 Å². The second-order valence-electron chi connectivity index (χ2n) is 6.91. The molecule has 1 aliphatic rings. The Kier molecular flexibility index (Phi) is 8.43. The number of rotatable bonds is 6. The molecule has 1 N–H and O–H groups in total. The van der Waals surface area contributed by atoms with Gasteiger partial charge in [0.1, 0.15) is 0 Å². The number of halogens is 3. The molecular weight excluding hydrogens is 403 g/mol. The zero-order valence-corrected chi connectivity index (χ0v) is 17.7. The van der Waals surface area contributed by atoms with Crippen molar-refractivity contribution in [3.05, 3.63) is 69.7 Å². The van der Waals surface area contributed by atoms with Crippen molar-refractivity contribution in [1.82, 2.24) is 10.2 Å². The third-order valence-corrected chi connectivity index (χ3v) is 5.58. The highest BCUT2D eigenvalue weighted by molar-refractivity contribution is 6.30. The fourth-order valence-corrected chi connectivity index (χ4v) is 3.79. The standard InChI is InChI=1S/C21H24Cl2N2O.ClH/c1-25(20(26)11-2-15-12-13-24-14-15)21(16-3-7-18(22)8-4-16)17-5-9-19(23)10-6-17;/h3-10,15,21,24H,2,11-14H2,1H3;1H. The van der Waals surface area contributed by atoms with Crippen LogP contribution in [0.25, 0.3) is 0 Å². The van der Waals surface area contributed by atoms with Gasteiger partial charge >= 0.3 is 0 Å². The minimum absolute atomic E-state index is 0. The van der Waals surface area contributed by atoms with E-state index in [-0.39, 0.29) is 24.4 Å². The summed E-state index contributed by atoms with van der Waals surface area (Å²) in [7, 11) is 1.88. The van der Waals surface area contributed by atoms with Crippen molar-refractivity contribution in [3.8, 4) is 0 Å². The summed E-state index contributed by atoms with van der Waals surface area (Å²) in [4.78, 5) is 14.7. The smallest absolute Gasteiger partial charge is 0.223 e. The lowest BCUT2D eigenvalue weighted by atomic mass is 9.96. The maximum absolute atomic E-state index is 12.9. The van der Waals surface area contributed by atoms with Crippen LogP contribution in [-0.4, -0.2) is 30.9 Å². The number of hydrogen-bond donors (Lipinski definition) is 1. The Morgan fingerprint density at radius 1 is 1.07 bits per heavy atom. The Balaban J connectivity index is 0.00000261. The second-order valence-corrected chi connectivity index (χ2v) is 7.78. The summed E-state index contributed by atoms with van der Waals surface area (Å²) in [5.41, 5.74) is 2.07. The number of benzene rings is 2. The Labute approximate surface area is 177 Å². The van der Waals surface area contributed by atoms with Crippen LogP contribution in [0.3, 0.4) is 0 Å². The molecule has 0 saturated carbocycles. The lowest BCUT2D eigenvalue weighted by molar-refractivity contribution is -0.131. The first-order chi connectivity index (χ1) is 12.5. The van der Waals surface area contributed by atoms with Crippen molar-refractivity contribution in [2.24, 2.45) is 5.92 Å². The number of carbonyl (C=O) groups is 1. The van der Waals surface area contributed by atoms with Crippen LogP contribution < -0.4 is 5.32 Å². The zero-order valence-electron chi connectivity index (χ0n) is 15.3. The molecule has 1 amide bonds. The van der Waals surface area contributed by atoms with Gasteiger partial charge < -0.3 is 10.2 Å². The summed E-state index contributed by atoms with van der Waals surface area (Å²) in [5.74, 6) is 0.767. The van der Waals surface area contributed by atoms with E-state index >= 15 is 0 Å². The van der Waals surface area contributed by atoms with Crippen molar-refractivity contribution in [2.75, 3.05) is 20.1 Å². The maximum atomic E-state index is 12.9. The highest BCUT2D eigenvalue weighted by Crippen LogP contribution is 2.30. The van der Waals surface area contributed by atoms with Gasteiger partial charge in [-0.2, -0.15) is 0 Å². The zero-order chi connectivity index (χ0) is 18.5. The van der Waals surface area contributed by atoms with Gasteiger partial charge in [0, 0.05) is 23.5 Å². The van der Waals surface area contributed by atoms with Crippen molar-refractivity contribution in [3.63, 3.8) is 0 Å². The van der Waals surface area contributed by atoms with Crippen LogP contribution in [0.15, 0.2) is 48.5 Å². The predicted octanol–water partition coefficient (Wildman–Crippen LogP) is 5.35. The van der Waals surface area contributed by atoms with E-state index in [1.807, 2.05) is 60.5 Å². The van der Waals surface area contributed by atoms with E-state index in [0.717, 1.165) is 37.1 Å². The minimum Gasteiger partial charge on any atom is -0.335 e. The molecule has 0 spiro atoms. The Morgan fingerprint density at radius 2 is 1.59 bits per heavy atom. The number of nitrogens with zero attached hydrogens (tertiary/aromatic N) is 1. The molecule has 6 heteroatoms. The van der Waals surface area contributed by atoms with Crippen LogP contribution in [0.5, 0.6) is 0 Å². The molecular formula is C21H25Cl3N2O. The molecule has 1 fully saturated rings. The largest absolute Gasteiger partial charge is 0.335 e. The Morgan fingerprint density at radius 3 is 2.04 bits per heavy atom. The summed E-state index contributed by atoms with van der Waals surface area (Å²) in [6.45, 7) is 2.08. The van der Waals surface area contributed by atoms with Gasteiger partial charge in [-0.3, -0.25) is 4.79 Å². The SMILES string of the molecule is CN(C(=O)CCC1CCNC1)C(c1ccc(Cl)cc1)c1ccc(Cl)cc1.Cl. The molecule has 1 heterocycles. The van der Waals surface area contributed by atoms with Gasteiger partial charge in [0.2, 0.25) is 5.91 Å². The predicted molar refractivity (Wildman–Crippen MR) is 115 cm³/mol. The molecule has 0 radical (unpaired) electrons. The van der Waals surface area contributed by atoms with Crippen LogP contribution in [0.2, 0.25) is 10.0 Å². The van der Waals surface area contributed by atoms with Crippen molar-refractivity contribution < 1.29 is 4.79 Å². The van der Waals surface area contributed by atoms with Gasteiger partial charge in [0.15, 0.2) is 0 Å². The fraction of sp³-hybridized carbons (Fsp3) is 0.381. The lowest BCUT2D eigenvalue weighted by Gasteiger charge is -2.30. The summed E-state index contributed by atoms with van der Waals surface area (Å²) in [6, 6.07) is 15.2. The molecule has 2 aromatic carbocycles. The average Bonchev–Trinajstić information content (AvgIpc) is 3.16. The van der Waals surface area contributed by atoms with Gasteiger partial charge in [-0.25, -0.2) is 0 Å². The molecule has 3 nitrogen and oxygen atoms in total. The number of carbonyl (C=O) groups excluding carboxylic acids is 1. The van der Waals surface area contributed by atoms with E-state index in [1.54, 1.807) is 0 Å². The van der Waals surface area contributed by atoms with Gasteiger partial charge in [-0.05, 0) is 67.2 Å². The van der Waals surface area contributed by atoms with Crippen LogP contribution >= 0.6 is 35.6 Å². The fourth-order valence-electron chi connectivity index (χ4n) is 3.54. The molecule has 0 bridgehead atoms. The number of hydrogen-bond acceptors (Lipinski definition) is 2. The first-order valence-electron chi connectivity index (χ1n) is 9.02. The van der Waals surface area contributed by atoms with E-state index in [9.17, 15) is 4.79 Å².